The summed E-state index contributed by atoms with van der Waals surface area (Å²) in [4.78, 5) is 1.29. The number of thiophene rings is 1. The van der Waals surface area contributed by atoms with Crippen LogP contribution in [0, 0.1) is 5.92 Å². The Morgan fingerprint density at radius 2 is 2.38 bits per heavy atom. The Bertz CT molecular complexity index is 323. The van der Waals surface area contributed by atoms with Gasteiger partial charge in [0.15, 0.2) is 5.06 Å². The Hall–Kier alpha value is -0.580. The van der Waals surface area contributed by atoms with Gasteiger partial charge in [-0.15, -0.1) is 11.3 Å². The van der Waals surface area contributed by atoms with E-state index in [4.69, 9.17) is 9.84 Å². The zero-order valence-corrected chi connectivity index (χ0v) is 10.4. The Labute approximate surface area is 100 Å². The van der Waals surface area contributed by atoms with Gasteiger partial charge < -0.3 is 15.2 Å². The zero-order chi connectivity index (χ0) is 11.4. The number of nitrogens with one attached hydrogen (secondary N) is 1. The summed E-state index contributed by atoms with van der Waals surface area (Å²) >= 11 is 1.68. The lowest BCUT2D eigenvalue weighted by atomic mass is 10.1. The molecule has 1 atom stereocenters. The fraction of sp³-hybridized carbons (Fsp3) is 0.667. The van der Waals surface area contributed by atoms with E-state index in [1.165, 1.54) is 17.7 Å². The van der Waals surface area contributed by atoms with Crippen molar-refractivity contribution in [1.82, 2.24) is 5.32 Å². The molecule has 90 valence electrons. The number of rotatable bonds is 7. The highest BCUT2D eigenvalue weighted by atomic mass is 32.1. The number of aliphatic hydroxyl groups is 1. The maximum Gasteiger partial charge on any atom is 0.173 e. The van der Waals surface area contributed by atoms with Gasteiger partial charge in [0, 0.05) is 24.1 Å². The lowest BCUT2D eigenvalue weighted by Crippen LogP contribution is -2.31. The summed E-state index contributed by atoms with van der Waals surface area (Å²) in [7, 11) is 1.70. The van der Waals surface area contributed by atoms with E-state index >= 15 is 0 Å². The molecule has 0 bridgehead atoms. The predicted molar refractivity (Wildman–Crippen MR) is 65.9 cm³/mol. The molecule has 0 saturated heterocycles. The normalized spacial score (nSPS) is 17.4. The molecule has 1 aromatic rings. The van der Waals surface area contributed by atoms with Crippen molar-refractivity contribution in [1.29, 1.82) is 0 Å². The maximum absolute atomic E-state index is 9.00. The third-order valence-corrected chi connectivity index (χ3v) is 4.05. The van der Waals surface area contributed by atoms with Gasteiger partial charge in [-0.25, -0.2) is 0 Å². The standard InChI is InChI=1S/C12H19NO2S/c1-15-12-5-4-10(16-12)8-13-11(6-7-14)9-2-3-9/h4-5,9,11,13-14H,2-3,6-8H2,1H3. The van der Waals surface area contributed by atoms with Crippen LogP contribution >= 0.6 is 11.3 Å². The number of ether oxygens (including phenoxy) is 1. The van der Waals surface area contributed by atoms with Crippen molar-refractivity contribution in [3.63, 3.8) is 0 Å². The molecule has 0 aromatic carbocycles. The highest BCUT2D eigenvalue weighted by molar-refractivity contribution is 7.13. The van der Waals surface area contributed by atoms with Crippen LogP contribution in [0.4, 0.5) is 0 Å². The van der Waals surface area contributed by atoms with E-state index in [0.717, 1.165) is 23.9 Å². The summed E-state index contributed by atoms with van der Waals surface area (Å²) in [6, 6.07) is 4.58. The third kappa shape index (κ3) is 3.20. The molecule has 1 aliphatic rings. The third-order valence-electron chi connectivity index (χ3n) is 3.01. The van der Waals surface area contributed by atoms with E-state index in [1.807, 2.05) is 6.07 Å². The largest absolute Gasteiger partial charge is 0.487 e. The first kappa shape index (κ1) is 11.9. The van der Waals surface area contributed by atoms with Gasteiger partial charge in [-0.2, -0.15) is 0 Å². The fourth-order valence-electron chi connectivity index (χ4n) is 1.94. The van der Waals surface area contributed by atoms with Crippen LogP contribution in [0.2, 0.25) is 0 Å². The molecule has 0 radical (unpaired) electrons. The second kappa shape index (κ2) is 5.66. The van der Waals surface area contributed by atoms with Crippen LogP contribution in [-0.2, 0) is 6.54 Å². The van der Waals surface area contributed by atoms with Crippen molar-refractivity contribution in [3.05, 3.63) is 17.0 Å². The molecule has 16 heavy (non-hydrogen) atoms. The van der Waals surface area contributed by atoms with Gasteiger partial charge in [-0.1, -0.05) is 0 Å². The molecule has 1 saturated carbocycles. The quantitative estimate of drug-likeness (QED) is 0.767. The van der Waals surface area contributed by atoms with Crippen molar-refractivity contribution in [2.24, 2.45) is 5.92 Å². The molecule has 3 nitrogen and oxygen atoms in total. The summed E-state index contributed by atoms with van der Waals surface area (Å²) in [5.74, 6) is 0.786. The van der Waals surface area contributed by atoms with Crippen LogP contribution < -0.4 is 10.1 Å². The predicted octanol–water partition coefficient (Wildman–Crippen LogP) is 2.01. The first-order valence-electron chi connectivity index (χ1n) is 5.80. The summed E-state index contributed by atoms with van der Waals surface area (Å²) in [5.41, 5.74) is 0. The first-order chi connectivity index (χ1) is 7.83. The van der Waals surface area contributed by atoms with Crippen LogP contribution in [-0.4, -0.2) is 24.9 Å². The van der Waals surface area contributed by atoms with Crippen molar-refractivity contribution in [2.45, 2.75) is 31.8 Å². The Kier molecular flexibility index (Phi) is 4.21. The molecular formula is C12H19NO2S. The number of hydrogen-bond acceptors (Lipinski definition) is 4. The molecule has 1 aromatic heterocycles. The summed E-state index contributed by atoms with van der Waals surface area (Å²) < 4.78 is 5.16. The Morgan fingerprint density at radius 3 is 2.94 bits per heavy atom. The number of hydrogen-bond donors (Lipinski definition) is 2. The highest BCUT2D eigenvalue weighted by Crippen LogP contribution is 2.34. The average molecular weight is 241 g/mol. The average Bonchev–Trinajstić information content (AvgIpc) is 3.03. The SMILES string of the molecule is COc1ccc(CNC(CCO)C2CC2)s1. The maximum atomic E-state index is 9.00. The van der Waals surface area contributed by atoms with Gasteiger partial charge in [0.05, 0.1) is 7.11 Å². The Balaban J connectivity index is 1.80. The van der Waals surface area contributed by atoms with Gasteiger partial charge >= 0.3 is 0 Å². The van der Waals surface area contributed by atoms with Crippen molar-refractivity contribution in [3.8, 4) is 5.06 Å². The highest BCUT2D eigenvalue weighted by Gasteiger charge is 2.30. The summed E-state index contributed by atoms with van der Waals surface area (Å²) in [5, 5.41) is 13.5. The molecule has 1 aliphatic carbocycles. The molecule has 1 heterocycles. The lowest BCUT2D eigenvalue weighted by molar-refractivity contribution is 0.256. The monoisotopic (exact) mass is 241 g/mol. The minimum absolute atomic E-state index is 0.280. The number of aliphatic hydroxyl groups excluding tert-OH is 1. The first-order valence-corrected chi connectivity index (χ1v) is 6.62. The summed E-state index contributed by atoms with van der Waals surface area (Å²) in [6.07, 6.45) is 3.49. The second-order valence-electron chi connectivity index (χ2n) is 4.26. The van der Waals surface area contributed by atoms with Gasteiger partial charge in [0.2, 0.25) is 0 Å². The number of methoxy groups -OCH3 is 1. The molecular weight excluding hydrogens is 222 g/mol. The van der Waals surface area contributed by atoms with Crippen molar-refractivity contribution < 1.29 is 9.84 Å². The van der Waals surface area contributed by atoms with Gasteiger partial charge in [0.1, 0.15) is 0 Å². The van der Waals surface area contributed by atoms with Crippen molar-refractivity contribution >= 4 is 11.3 Å². The van der Waals surface area contributed by atoms with Crippen LogP contribution in [0.1, 0.15) is 24.1 Å². The topological polar surface area (TPSA) is 41.5 Å². The van der Waals surface area contributed by atoms with E-state index in [2.05, 4.69) is 11.4 Å². The van der Waals surface area contributed by atoms with Crippen LogP contribution in [0.25, 0.3) is 0 Å². The minimum Gasteiger partial charge on any atom is -0.487 e. The second-order valence-corrected chi connectivity index (χ2v) is 5.39. The van der Waals surface area contributed by atoms with Gasteiger partial charge in [-0.3, -0.25) is 0 Å². The van der Waals surface area contributed by atoms with E-state index < -0.39 is 0 Å². The summed E-state index contributed by atoms with van der Waals surface area (Å²) in [6.45, 7) is 1.16. The molecule has 1 unspecified atom stereocenters. The molecule has 0 amide bonds. The van der Waals surface area contributed by atoms with E-state index in [-0.39, 0.29) is 6.61 Å². The van der Waals surface area contributed by atoms with Crippen LogP contribution in [0.5, 0.6) is 5.06 Å². The zero-order valence-electron chi connectivity index (χ0n) is 9.61. The van der Waals surface area contributed by atoms with E-state index in [1.54, 1.807) is 18.4 Å². The molecule has 2 rings (SSSR count). The van der Waals surface area contributed by atoms with E-state index in [9.17, 15) is 0 Å². The molecule has 2 N–H and O–H groups in total. The Morgan fingerprint density at radius 1 is 1.56 bits per heavy atom. The fourth-order valence-corrected chi connectivity index (χ4v) is 2.71. The molecule has 4 heteroatoms. The molecule has 1 fully saturated rings. The molecule has 0 spiro atoms. The van der Waals surface area contributed by atoms with E-state index in [0.29, 0.717) is 6.04 Å². The lowest BCUT2D eigenvalue weighted by Gasteiger charge is -2.16. The minimum atomic E-state index is 0.280. The van der Waals surface area contributed by atoms with Crippen LogP contribution in [0.15, 0.2) is 12.1 Å². The smallest absolute Gasteiger partial charge is 0.173 e. The van der Waals surface area contributed by atoms with Gasteiger partial charge in [0.25, 0.3) is 0 Å². The molecule has 0 aliphatic heterocycles. The van der Waals surface area contributed by atoms with Crippen molar-refractivity contribution in [2.75, 3.05) is 13.7 Å². The van der Waals surface area contributed by atoms with Gasteiger partial charge in [-0.05, 0) is 37.3 Å². The van der Waals surface area contributed by atoms with Crippen LogP contribution in [0.3, 0.4) is 0 Å².